The summed E-state index contributed by atoms with van der Waals surface area (Å²) in [6, 6.07) is 4.14. The smallest absolute Gasteiger partial charge is 0.480 e. The highest BCUT2D eigenvalue weighted by molar-refractivity contribution is 5.79. The second-order valence-electron chi connectivity index (χ2n) is 10.9. The van der Waals surface area contributed by atoms with Gasteiger partial charge in [-0.2, -0.15) is 0 Å². The van der Waals surface area contributed by atoms with E-state index in [0.29, 0.717) is 36.7 Å². The van der Waals surface area contributed by atoms with Crippen LogP contribution in [0, 0.1) is 11.8 Å². The Balaban J connectivity index is 3.12. The van der Waals surface area contributed by atoms with Gasteiger partial charge in [0.1, 0.15) is 17.7 Å². The Morgan fingerprint density at radius 2 is 1.32 bits per heavy atom. The third-order valence-corrected chi connectivity index (χ3v) is 5.99. The van der Waals surface area contributed by atoms with Crippen LogP contribution in [0.1, 0.15) is 79.7 Å². The van der Waals surface area contributed by atoms with Crippen LogP contribution >= 0.6 is 0 Å². The van der Waals surface area contributed by atoms with Crippen molar-refractivity contribution in [3.8, 4) is 11.5 Å². The summed E-state index contributed by atoms with van der Waals surface area (Å²) in [5, 5.41) is 9.92. The first-order valence-electron chi connectivity index (χ1n) is 13.9. The Kier molecular flexibility index (Phi) is 15.0. The molecule has 0 radical (unpaired) electrons. The molecular formula is C29H45NO11. The fraction of sp³-hybridized carbons (Fsp3) is 0.655. The number of hydrogen-bond donors (Lipinski definition) is 2. The number of hydrogen-bond acceptors (Lipinski definition) is 11. The van der Waals surface area contributed by atoms with Crippen molar-refractivity contribution in [1.82, 2.24) is 0 Å². The fourth-order valence-electron chi connectivity index (χ4n) is 3.41. The highest BCUT2D eigenvalue weighted by atomic mass is 16.7. The van der Waals surface area contributed by atoms with Crippen LogP contribution in [0.4, 0.5) is 14.4 Å². The minimum Gasteiger partial charge on any atom is -0.480 e. The van der Waals surface area contributed by atoms with E-state index in [4.69, 9.17) is 34.2 Å². The summed E-state index contributed by atoms with van der Waals surface area (Å²) in [7, 11) is 0. The molecule has 3 atom stereocenters. The average molecular weight is 584 g/mol. The summed E-state index contributed by atoms with van der Waals surface area (Å²) in [6.45, 7) is 13.2. The van der Waals surface area contributed by atoms with Crippen molar-refractivity contribution in [2.75, 3.05) is 13.2 Å². The van der Waals surface area contributed by atoms with Crippen molar-refractivity contribution in [3.63, 3.8) is 0 Å². The minimum atomic E-state index is -1.87. The first kappa shape index (κ1) is 35.5. The quantitative estimate of drug-likeness (QED) is 0.135. The molecule has 0 aliphatic rings. The Hall–Kier alpha value is -3.54. The highest BCUT2D eigenvalue weighted by Gasteiger charge is 2.37. The molecule has 0 spiro atoms. The zero-order valence-corrected chi connectivity index (χ0v) is 25.1. The van der Waals surface area contributed by atoms with Gasteiger partial charge in [-0.1, -0.05) is 40.7 Å². The molecule has 3 N–H and O–H groups in total. The predicted molar refractivity (Wildman–Crippen MR) is 149 cm³/mol. The van der Waals surface area contributed by atoms with E-state index < -0.39 is 36.1 Å². The molecule has 0 fully saturated rings. The molecule has 0 bridgehead atoms. The fourth-order valence-corrected chi connectivity index (χ4v) is 3.41. The van der Waals surface area contributed by atoms with Crippen molar-refractivity contribution in [2.45, 2.75) is 98.3 Å². The number of benzene rings is 1. The lowest BCUT2D eigenvalue weighted by Gasteiger charge is -2.28. The summed E-state index contributed by atoms with van der Waals surface area (Å²) < 4.78 is 31.0. The molecule has 0 saturated carbocycles. The van der Waals surface area contributed by atoms with Crippen molar-refractivity contribution in [2.24, 2.45) is 17.6 Å². The van der Waals surface area contributed by atoms with Gasteiger partial charge in [-0.15, -0.1) is 0 Å². The number of ether oxygens (including phenoxy) is 6. The van der Waals surface area contributed by atoms with Gasteiger partial charge in [-0.05, 0) is 62.6 Å². The number of carboxylic acids is 1. The molecule has 232 valence electrons. The van der Waals surface area contributed by atoms with Crippen LogP contribution in [0.25, 0.3) is 0 Å². The van der Waals surface area contributed by atoms with Crippen LogP contribution in [-0.4, -0.2) is 60.5 Å². The lowest BCUT2D eigenvalue weighted by molar-refractivity contribution is -0.144. The Bertz CT molecular complexity index is 1010. The molecule has 0 amide bonds. The number of carboxylic acid groups (broad SMARTS) is 1. The van der Waals surface area contributed by atoms with Crippen LogP contribution in [0.15, 0.2) is 18.2 Å². The second-order valence-corrected chi connectivity index (χ2v) is 10.9. The number of rotatable bonds is 16. The molecule has 0 aliphatic heterocycles. The standard InChI is InChI=1S/C29H45NO11/c1-8-20(6)38-28(35)39-21(7)16-29(30,25(31)32)17-22-9-10-23(40-26(33)36-13-11-18(2)3)24(15-22)41-27(34)37-14-12-19(4)5/h9-10,15,18-21H,8,11-14,16-17,30H2,1-7H3,(H,31,32)/t20?,21-,29?/m0/s1. The summed E-state index contributed by atoms with van der Waals surface area (Å²) >= 11 is 0. The van der Waals surface area contributed by atoms with Gasteiger partial charge in [0, 0.05) is 12.8 Å². The molecule has 0 aliphatic carbocycles. The molecule has 2 unspecified atom stereocenters. The molecule has 0 saturated heterocycles. The minimum absolute atomic E-state index is 0.117. The van der Waals surface area contributed by atoms with E-state index in [1.165, 1.54) is 25.1 Å². The van der Waals surface area contributed by atoms with Crippen molar-refractivity contribution < 1.29 is 52.7 Å². The summed E-state index contributed by atoms with van der Waals surface area (Å²) in [6.07, 6.45) is -2.85. The monoisotopic (exact) mass is 583 g/mol. The largest absolute Gasteiger partial charge is 0.513 e. The molecule has 41 heavy (non-hydrogen) atoms. The van der Waals surface area contributed by atoms with Crippen LogP contribution < -0.4 is 15.2 Å². The highest BCUT2D eigenvalue weighted by Crippen LogP contribution is 2.31. The van der Waals surface area contributed by atoms with Gasteiger partial charge < -0.3 is 39.3 Å². The summed E-state index contributed by atoms with van der Waals surface area (Å²) in [4.78, 5) is 48.7. The second kappa shape index (κ2) is 17.3. The van der Waals surface area contributed by atoms with Gasteiger partial charge in [0.15, 0.2) is 11.5 Å². The molecule has 0 aromatic heterocycles. The van der Waals surface area contributed by atoms with E-state index in [1.807, 2.05) is 34.6 Å². The van der Waals surface area contributed by atoms with Crippen LogP contribution in [0.3, 0.4) is 0 Å². The zero-order chi connectivity index (χ0) is 31.2. The van der Waals surface area contributed by atoms with Crippen LogP contribution in [-0.2, 0) is 30.2 Å². The molecule has 1 rings (SSSR count). The Morgan fingerprint density at radius 3 is 1.80 bits per heavy atom. The molecule has 12 heteroatoms. The first-order valence-corrected chi connectivity index (χ1v) is 13.9. The van der Waals surface area contributed by atoms with Gasteiger partial charge in [-0.25, -0.2) is 14.4 Å². The maximum absolute atomic E-state index is 12.3. The molecule has 12 nitrogen and oxygen atoms in total. The van der Waals surface area contributed by atoms with Gasteiger partial charge in [0.2, 0.25) is 0 Å². The van der Waals surface area contributed by atoms with E-state index in [2.05, 4.69) is 0 Å². The van der Waals surface area contributed by atoms with Gasteiger partial charge in [-0.3, -0.25) is 4.79 Å². The number of carbonyl (C=O) groups is 4. The van der Waals surface area contributed by atoms with Crippen LogP contribution in [0.2, 0.25) is 0 Å². The molecular weight excluding hydrogens is 538 g/mol. The Labute approximate surface area is 241 Å². The van der Waals surface area contributed by atoms with Crippen molar-refractivity contribution in [3.05, 3.63) is 23.8 Å². The third kappa shape index (κ3) is 14.1. The van der Waals surface area contributed by atoms with E-state index in [1.54, 1.807) is 6.92 Å². The molecule has 1 aromatic rings. The van der Waals surface area contributed by atoms with E-state index >= 15 is 0 Å². The van der Waals surface area contributed by atoms with E-state index in [-0.39, 0.29) is 43.7 Å². The van der Waals surface area contributed by atoms with Gasteiger partial charge >= 0.3 is 24.4 Å². The van der Waals surface area contributed by atoms with Crippen LogP contribution in [0.5, 0.6) is 11.5 Å². The van der Waals surface area contributed by atoms with Crippen molar-refractivity contribution in [1.29, 1.82) is 0 Å². The topological polar surface area (TPSA) is 170 Å². The van der Waals surface area contributed by atoms with Gasteiger partial charge in [0.05, 0.1) is 13.2 Å². The third-order valence-electron chi connectivity index (χ3n) is 5.99. The zero-order valence-electron chi connectivity index (χ0n) is 25.1. The lowest BCUT2D eigenvalue weighted by Crippen LogP contribution is -2.52. The first-order chi connectivity index (χ1) is 19.1. The maximum atomic E-state index is 12.3. The molecule has 0 heterocycles. The summed E-state index contributed by atoms with van der Waals surface area (Å²) in [5.74, 6) is -1.06. The maximum Gasteiger partial charge on any atom is 0.513 e. The van der Waals surface area contributed by atoms with E-state index in [0.717, 1.165) is 0 Å². The lowest BCUT2D eigenvalue weighted by atomic mass is 9.86. The summed E-state index contributed by atoms with van der Waals surface area (Å²) in [5.41, 5.74) is 4.72. The number of nitrogens with two attached hydrogens (primary N) is 1. The number of aliphatic carboxylic acids is 1. The number of carbonyl (C=O) groups excluding carboxylic acids is 3. The normalized spacial score (nSPS) is 14.0. The Morgan fingerprint density at radius 1 is 0.805 bits per heavy atom. The predicted octanol–water partition coefficient (Wildman–Crippen LogP) is 5.86. The van der Waals surface area contributed by atoms with Crippen molar-refractivity contribution >= 4 is 24.4 Å². The van der Waals surface area contributed by atoms with E-state index in [9.17, 15) is 24.3 Å². The molecule has 1 aromatic carbocycles. The van der Waals surface area contributed by atoms with Gasteiger partial charge in [0.25, 0.3) is 0 Å². The SMILES string of the molecule is CCC(C)OC(=O)O[C@@H](C)CC(N)(Cc1ccc(OC(=O)OCCC(C)C)c(OC(=O)OCCC(C)C)c1)C(=O)O. The average Bonchev–Trinajstić information content (AvgIpc) is 2.84.